The summed E-state index contributed by atoms with van der Waals surface area (Å²) in [4.78, 5) is 3.50. The molecule has 74 valence electrons. The molecule has 0 unspecified atom stereocenters. The van der Waals surface area contributed by atoms with Crippen LogP contribution in [0, 0.1) is 11.3 Å². The third kappa shape index (κ3) is 1.71. The van der Waals surface area contributed by atoms with Crippen molar-refractivity contribution in [1.82, 2.24) is 4.98 Å². The number of methoxy groups -OCH3 is 1. The molecular formula is C8H7F2N3O. The molecule has 14 heavy (non-hydrogen) atoms. The minimum Gasteiger partial charge on any atom is -0.494 e. The molecule has 2 N–H and O–H groups in total. The van der Waals surface area contributed by atoms with Gasteiger partial charge in [-0.25, -0.2) is 13.8 Å². The molecule has 4 nitrogen and oxygen atoms in total. The molecule has 6 heteroatoms. The number of nitrogen functional groups attached to an aromatic ring is 1. The number of halogens is 2. The maximum absolute atomic E-state index is 12.3. The summed E-state index contributed by atoms with van der Waals surface area (Å²) in [5.41, 5.74) is 4.69. The molecular weight excluding hydrogens is 192 g/mol. The minimum absolute atomic E-state index is 0.00278. The standard InChI is InChI=1S/C8H7F2N3O/c1-14-6-2-4(7(9)10)8(12)13-5(6)3-11/h2,7H,1H3,(H2,12,13). The zero-order valence-electron chi connectivity index (χ0n) is 7.29. The van der Waals surface area contributed by atoms with Gasteiger partial charge in [-0.3, -0.25) is 0 Å². The van der Waals surface area contributed by atoms with Crippen molar-refractivity contribution in [2.45, 2.75) is 6.43 Å². The van der Waals surface area contributed by atoms with E-state index in [2.05, 4.69) is 4.98 Å². The van der Waals surface area contributed by atoms with Gasteiger partial charge in [0.05, 0.1) is 12.7 Å². The Morgan fingerprint density at radius 2 is 2.29 bits per heavy atom. The van der Waals surface area contributed by atoms with E-state index in [0.717, 1.165) is 6.07 Å². The van der Waals surface area contributed by atoms with Crippen LogP contribution in [0.1, 0.15) is 17.7 Å². The molecule has 1 rings (SSSR count). The van der Waals surface area contributed by atoms with Crippen LogP contribution in [-0.4, -0.2) is 12.1 Å². The van der Waals surface area contributed by atoms with Crippen molar-refractivity contribution in [1.29, 1.82) is 5.26 Å². The van der Waals surface area contributed by atoms with Crippen molar-refractivity contribution < 1.29 is 13.5 Å². The molecule has 1 aromatic rings. The molecule has 0 spiro atoms. The number of hydrogen-bond donors (Lipinski definition) is 1. The largest absolute Gasteiger partial charge is 0.494 e. The highest BCUT2D eigenvalue weighted by Gasteiger charge is 2.16. The molecule has 0 aliphatic carbocycles. The summed E-state index contributed by atoms with van der Waals surface area (Å²) in [6.07, 6.45) is -2.73. The second kappa shape index (κ2) is 3.87. The molecule has 0 amide bonds. The fourth-order valence-corrected chi connectivity index (χ4v) is 0.934. The van der Waals surface area contributed by atoms with E-state index in [-0.39, 0.29) is 17.3 Å². The number of rotatable bonds is 2. The van der Waals surface area contributed by atoms with Gasteiger partial charge in [0.15, 0.2) is 11.4 Å². The molecule has 0 bridgehead atoms. The Morgan fingerprint density at radius 3 is 2.71 bits per heavy atom. The molecule has 1 heterocycles. The third-order valence-electron chi connectivity index (χ3n) is 1.61. The Labute approximate surface area is 78.9 Å². The predicted octanol–water partition coefficient (Wildman–Crippen LogP) is 1.48. The van der Waals surface area contributed by atoms with Gasteiger partial charge in [-0.15, -0.1) is 0 Å². The summed E-state index contributed by atoms with van der Waals surface area (Å²) in [5, 5.41) is 8.57. The quantitative estimate of drug-likeness (QED) is 0.782. The monoisotopic (exact) mass is 199 g/mol. The lowest BCUT2D eigenvalue weighted by molar-refractivity contribution is 0.151. The first kappa shape index (κ1) is 10.2. The van der Waals surface area contributed by atoms with Crippen LogP contribution in [0.15, 0.2) is 6.07 Å². The van der Waals surface area contributed by atoms with E-state index in [9.17, 15) is 8.78 Å². The number of hydrogen-bond acceptors (Lipinski definition) is 4. The van der Waals surface area contributed by atoms with Crippen LogP contribution in [0.5, 0.6) is 5.75 Å². The lowest BCUT2D eigenvalue weighted by Gasteiger charge is -2.07. The van der Waals surface area contributed by atoms with Crippen LogP contribution in [-0.2, 0) is 0 Å². The van der Waals surface area contributed by atoms with E-state index < -0.39 is 12.0 Å². The van der Waals surface area contributed by atoms with Crippen LogP contribution in [0.2, 0.25) is 0 Å². The summed E-state index contributed by atoms with van der Waals surface area (Å²) in [5.74, 6) is -0.352. The van der Waals surface area contributed by atoms with E-state index in [0.29, 0.717) is 0 Å². The zero-order valence-corrected chi connectivity index (χ0v) is 7.29. The smallest absolute Gasteiger partial charge is 0.267 e. The summed E-state index contributed by atoms with van der Waals surface area (Å²) in [6.45, 7) is 0. The van der Waals surface area contributed by atoms with Gasteiger partial charge < -0.3 is 10.5 Å². The van der Waals surface area contributed by atoms with Crippen molar-refractivity contribution in [3.8, 4) is 11.8 Å². The third-order valence-corrected chi connectivity index (χ3v) is 1.61. The second-order valence-corrected chi connectivity index (χ2v) is 2.43. The van der Waals surface area contributed by atoms with Gasteiger partial charge in [-0.2, -0.15) is 5.26 Å². The zero-order chi connectivity index (χ0) is 10.7. The number of anilines is 1. The normalized spacial score (nSPS) is 9.93. The van der Waals surface area contributed by atoms with Gasteiger partial charge >= 0.3 is 0 Å². The predicted molar refractivity (Wildman–Crippen MR) is 44.9 cm³/mol. The van der Waals surface area contributed by atoms with E-state index in [4.69, 9.17) is 15.7 Å². The highest BCUT2D eigenvalue weighted by molar-refractivity contribution is 5.50. The molecule has 0 atom stereocenters. The van der Waals surface area contributed by atoms with Crippen LogP contribution in [0.3, 0.4) is 0 Å². The first-order chi connectivity index (χ1) is 6.60. The first-order valence-corrected chi connectivity index (χ1v) is 3.62. The van der Waals surface area contributed by atoms with Gasteiger partial charge in [0.25, 0.3) is 6.43 Å². The van der Waals surface area contributed by atoms with Gasteiger partial charge in [0.1, 0.15) is 11.9 Å². The molecule has 0 saturated heterocycles. The van der Waals surface area contributed by atoms with Crippen molar-refractivity contribution in [3.05, 3.63) is 17.3 Å². The molecule has 0 aromatic carbocycles. The van der Waals surface area contributed by atoms with E-state index in [1.165, 1.54) is 7.11 Å². The highest BCUT2D eigenvalue weighted by Crippen LogP contribution is 2.28. The van der Waals surface area contributed by atoms with Crippen LogP contribution >= 0.6 is 0 Å². The summed E-state index contributed by atoms with van der Waals surface area (Å²) < 4.78 is 29.4. The molecule has 0 fully saturated rings. The molecule has 0 saturated carbocycles. The van der Waals surface area contributed by atoms with Gasteiger partial charge in [0, 0.05) is 0 Å². The van der Waals surface area contributed by atoms with Gasteiger partial charge in [0.2, 0.25) is 0 Å². The van der Waals surface area contributed by atoms with E-state index in [1.54, 1.807) is 6.07 Å². The number of nitrogens with two attached hydrogens (primary N) is 1. The molecule has 0 aliphatic heterocycles. The molecule has 0 radical (unpaired) electrons. The topological polar surface area (TPSA) is 71.9 Å². The highest BCUT2D eigenvalue weighted by atomic mass is 19.3. The average molecular weight is 199 g/mol. The average Bonchev–Trinajstić information content (AvgIpc) is 2.16. The van der Waals surface area contributed by atoms with Gasteiger partial charge in [-0.1, -0.05) is 0 Å². The maximum atomic E-state index is 12.3. The number of aromatic nitrogens is 1. The Balaban J connectivity index is 3.32. The Hall–Kier alpha value is -1.90. The maximum Gasteiger partial charge on any atom is 0.267 e. The lowest BCUT2D eigenvalue weighted by atomic mass is 10.2. The van der Waals surface area contributed by atoms with E-state index >= 15 is 0 Å². The Kier molecular flexibility index (Phi) is 2.82. The number of ether oxygens (including phenoxy) is 1. The fraction of sp³-hybridized carbons (Fsp3) is 0.250. The van der Waals surface area contributed by atoms with Crippen molar-refractivity contribution in [2.75, 3.05) is 12.8 Å². The second-order valence-electron chi connectivity index (χ2n) is 2.43. The first-order valence-electron chi connectivity index (χ1n) is 3.62. The van der Waals surface area contributed by atoms with Gasteiger partial charge in [-0.05, 0) is 6.07 Å². The van der Waals surface area contributed by atoms with Crippen LogP contribution in [0.25, 0.3) is 0 Å². The SMILES string of the molecule is COc1cc(C(F)F)c(N)nc1C#N. The number of nitriles is 1. The summed E-state index contributed by atoms with van der Waals surface area (Å²) in [7, 11) is 1.27. The Morgan fingerprint density at radius 1 is 1.64 bits per heavy atom. The van der Waals surface area contributed by atoms with Crippen molar-refractivity contribution in [3.63, 3.8) is 0 Å². The molecule has 0 aliphatic rings. The summed E-state index contributed by atoms with van der Waals surface area (Å²) >= 11 is 0. The Bertz CT molecular complexity index is 386. The molecule has 1 aromatic heterocycles. The number of nitrogens with zero attached hydrogens (tertiary/aromatic N) is 2. The van der Waals surface area contributed by atoms with Crippen molar-refractivity contribution in [2.24, 2.45) is 0 Å². The van der Waals surface area contributed by atoms with Crippen LogP contribution < -0.4 is 10.5 Å². The van der Waals surface area contributed by atoms with Crippen molar-refractivity contribution >= 4 is 5.82 Å². The van der Waals surface area contributed by atoms with E-state index in [1.807, 2.05) is 0 Å². The summed E-state index contributed by atoms with van der Waals surface area (Å²) in [6, 6.07) is 2.71. The lowest BCUT2D eigenvalue weighted by Crippen LogP contribution is -2.02. The number of alkyl halides is 2. The van der Waals surface area contributed by atoms with Crippen LogP contribution in [0.4, 0.5) is 14.6 Å². The number of pyridine rings is 1. The minimum atomic E-state index is -2.73. The fourth-order valence-electron chi connectivity index (χ4n) is 0.934.